The van der Waals surface area contributed by atoms with Crippen LogP contribution in [0.1, 0.15) is 11.3 Å². The topological polar surface area (TPSA) is 81.0 Å². The molecule has 2 amide bonds. The van der Waals surface area contributed by atoms with Crippen LogP contribution >= 0.6 is 0 Å². The van der Waals surface area contributed by atoms with Crippen LogP contribution < -0.4 is 14.8 Å². The quantitative estimate of drug-likeness (QED) is 0.605. The number of methoxy groups -OCH3 is 2. The van der Waals surface area contributed by atoms with Crippen molar-refractivity contribution in [1.29, 1.82) is 0 Å². The van der Waals surface area contributed by atoms with Gasteiger partial charge >= 0.3 is 0 Å². The average molecular weight is 404 g/mol. The Kier molecular flexibility index (Phi) is 5.26. The number of carbonyl (C=O) groups excluding carboxylic acids is 2. The van der Waals surface area contributed by atoms with Crippen molar-refractivity contribution in [1.82, 2.24) is 4.90 Å². The molecule has 0 radical (unpaired) electrons. The van der Waals surface area contributed by atoms with E-state index < -0.39 is 11.8 Å². The number of furan rings is 1. The molecule has 0 unspecified atom stereocenters. The lowest BCUT2D eigenvalue weighted by atomic mass is 10.0. The Balaban J connectivity index is 1.77. The average Bonchev–Trinajstić information content (AvgIpc) is 3.37. The first-order valence-corrected chi connectivity index (χ1v) is 9.29. The molecular formula is C23H20N2O5. The molecule has 1 aliphatic rings. The highest BCUT2D eigenvalue weighted by atomic mass is 16.5. The summed E-state index contributed by atoms with van der Waals surface area (Å²) in [5, 5.41) is 3.11. The van der Waals surface area contributed by atoms with Gasteiger partial charge in [0, 0.05) is 11.3 Å². The molecule has 0 fully saturated rings. The van der Waals surface area contributed by atoms with E-state index in [2.05, 4.69) is 5.32 Å². The molecule has 1 N–H and O–H groups in total. The highest BCUT2D eigenvalue weighted by molar-refractivity contribution is 6.36. The van der Waals surface area contributed by atoms with Crippen LogP contribution in [0.3, 0.4) is 0 Å². The van der Waals surface area contributed by atoms with E-state index in [0.29, 0.717) is 28.5 Å². The Morgan fingerprint density at radius 3 is 2.33 bits per heavy atom. The normalized spacial score (nSPS) is 13.7. The lowest BCUT2D eigenvalue weighted by Gasteiger charge is -2.14. The van der Waals surface area contributed by atoms with Crippen molar-refractivity contribution >= 4 is 23.1 Å². The Morgan fingerprint density at radius 1 is 0.900 bits per heavy atom. The van der Waals surface area contributed by atoms with Gasteiger partial charge in [-0.15, -0.1) is 0 Å². The van der Waals surface area contributed by atoms with E-state index >= 15 is 0 Å². The van der Waals surface area contributed by atoms with Crippen LogP contribution in [0.5, 0.6) is 11.5 Å². The fourth-order valence-electron chi connectivity index (χ4n) is 3.31. The van der Waals surface area contributed by atoms with E-state index in [1.165, 1.54) is 13.4 Å². The van der Waals surface area contributed by atoms with Gasteiger partial charge in [0.2, 0.25) is 0 Å². The number of nitrogens with zero attached hydrogens (tertiary/aromatic N) is 1. The summed E-state index contributed by atoms with van der Waals surface area (Å²) in [5.74, 6) is 0.849. The van der Waals surface area contributed by atoms with Crippen molar-refractivity contribution in [2.75, 3.05) is 19.5 Å². The monoisotopic (exact) mass is 404 g/mol. The van der Waals surface area contributed by atoms with Gasteiger partial charge in [-0.2, -0.15) is 0 Å². The zero-order chi connectivity index (χ0) is 21.1. The van der Waals surface area contributed by atoms with Crippen molar-refractivity contribution < 1.29 is 23.5 Å². The van der Waals surface area contributed by atoms with Gasteiger partial charge in [-0.05, 0) is 42.5 Å². The van der Waals surface area contributed by atoms with Crippen LogP contribution in [0.2, 0.25) is 0 Å². The smallest absolute Gasteiger partial charge is 0.278 e. The third-order valence-corrected chi connectivity index (χ3v) is 4.80. The van der Waals surface area contributed by atoms with Gasteiger partial charge in [-0.1, -0.05) is 18.2 Å². The number of hydrogen-bond donors (Lipinski definition) is 1. The highest BCUT2D eigenvalue weighted by Crippen LogP contribution is 2.36. The number of benzene rings is 2. The fraction of sp³-hybridized carbons (Fsp3) is 0.130. The third-order valence-electron chi connectivity index (χ3n) is 4.80. The predicted octanol–water partition coefficient (Wildman–Crippen LogP) is 3.69. The molecule has 0 spiro atoms. The number of imide groups is 1. The molecule has 0 aliphatic carbocycles. The molecule has 1 aromatic heterocycles. The van der Waals surface area contributed by atoms with Crippen LogP contribution in [0.25, 0.3) is 5.57 Å². The first-order chi connectivity index (χ1) is 14.6. The van der Waals surface area contributed by atoms with E-state index in [0.717, 1.165) is 4.90 Å². The van der Waals surface area contributed by atoms with E-state index in [-0.39, 0.29) is 17.8 Å². The number of hydrogen-bond acceptors (Lipinski definition) is 6. The maximum Gasteiger partial charge on any atom is 0.278 e. The summed E-state index contributed by atoms with van der Waals surface area (Å²) < 4.78 is 15.9. The maximum atomic E-state index is 13.3. The van der Waals surface area contributed by atoms with Gasteiger partial charge in [-0.25, -0.2) is 0 Å². The highest BCUT2D eigenvalue weighted by Gasteiger charge is 2.40. The summed E-state index contributed by atoms with van der Waals surface area (Å²) in [6, 6.07) is 17.6. The first-order valence-electron chi connectivity index (χ1n) is 9.29. The minimum absolute atomic E-state index is 0.0388. The Morgan fingerprint density at radius 2 is 1.67 bits per heavy atom. The fourth-order valence-corrected chi connectivity index (χ4v) is 3.31. The van der Waals surface area contributed by atoms with Gasteiger partial charge in [0.15, 0.2) is 0 Å². The van der Waals surface area contributed by atoms with Gasteiger partial charge < -0.3 is 19.2 Å². The van der Waals surface area contributed by atoms with E-state index in [1.54, 1.807) is 67.8 Å². The molecule has 4 rings (SSSR count). The lowest BCUT2D eigenvalue weighted by Crippen LogP contribution is -2.31. The number of ether oxygens (including phenoxy) is 2. The number of rotatable bonds is 7. The standard InChI is InChI=1S/C23H20N2O5/c1-28-16-11-9-15(10-12-16)24-21-20(18-7-3-4-8-19(18)29-2)22(26)25(23(21)27)14-17-6-5-13-30-17/h3-13,24H,14H2,1-2H3. The van der Waals surface area contributed by atoms with Gasteiger partial charge in [0.05, 0.1) is 32.6 Å². The van der Waals surface area contributed by atoms with Crippen molar-refractivity contribution in [3.8, 4) is 11.5 Å². The summed E-state index contributed by atoms with van der Waals surface area (Å²) in [6.45, 7) is 0.0388. The molecule has 7 nitrogen and oxygen atoms in total. The van der Waals surface area contributed by atoms with Crippen LogP contribution in [0, 0.1) is 0 Å². The molecule has 2 aromatic carbocycles. The summed E-state index contributed by atoms with van der Waals surface area (Å²) in [6.07, 6.45) is 1.51. The Labute approximate surface area is 173 Å². The van der Waals surface area contributed by atoms with Crippen molar-refractivity contribution in [2.45, 2.75) is 6.54 Å². The second-order valence-corrected chi connectivity index (χ2v) is 6.58. The number of para-hydroxylation sites is 1. The first kappa shape index (κ1) is 19.3. The van der Waals surface area contributed by atoms with Crippen LogP contribution in [0.4, 0.5) is 5.69 Å². The number of nitrogens with one attached hydrogen (secondary N) is 1. The van der Waals surface area contributed by atoms with E-state index in [4.69, 9.17) is 13.9 Å². The van der Waals surface area contributed by atoms with E-state index in [9.17, 15) is 9.59 Å². The molecule has 152 valence electrons. The second kappa shape index (κ2) is 8.16. The minimum Gasteiger partial charge on any atom is -0.497 e. The molecule has 0 atom stereocenters. The molecule has 3 aromatic rings. The minimum atomic E-state index is -0.437. The van der Waals surface area contributed by atoms with Crippen molar-refractivity contribution in [3.63, 3.8) is 0 Å². The molecule has 0 bridgehead atoms. The summed E-state index contributed by atoms with van der Waals surface area (Å²) in [7, 11) is 3.11. The third kappa shape index (κ3) is 3.53. The molecular weight excluding hydrogens is 384 g/mol. The van der Waals surface area contributed by atoms with Gasteiger partial charge in [0.25, 0.3) is 11.8 Å². The number of amides is 2. The van der Waals surface area contributed by atoms with E-state index in [1.807, 2.05) is 0 Å². The largest absolute Gasteiger partial charge is 0.497 e. The summed E-state index contributed by atoms with van der Waals surface area (Å²) in [5.41, 5.74) is 1.62. The zero-order valence-corrected chi connectivity index (χ0v) is 16.5. The second-order valence-electron chi connectivity index (χ2n) is 6.58. The number of anilines is 1. The lowest BCUT2D eigenvalue weighted by molar-refractivity contribution is -0.137. The van der Waals surface area contributed by atoms with Crippen LogP contribution in [-0.2, 0) is 16.1 Å². The summed E-state index contributed by atoms with van der Waals surface area (Å²) in [4.78, 5) is 27.7. The number of carbonyl (C=O) groups is 2. The van der Waals surface area contributed by atoms with Gasteiger partial charge in [0.1, 0.15) is 23.0 Å². The van der Waals surface area contributed by atoms with Crippen LogP contribution in [-0.4, -0.2) is 30.9 Å². The maximum absolute atomic E-state index is 13.3. The van der Waals surface area contributed by atoms with Crippen LogP contribution in [0.15, 0.2) is 77.0 Å². The zero-order valence-electron chi connectivity index (χ0n) is 16.5. The molecule has 2 heterocycles. The molecule has 1 aliphatic heterocycles. The molecule has 7 heteroatoms. The SMILES string of the molecule is COc1ccc(NC2=C(c3ccccc3OC)C(=O)N(Cc3ccco3)C2=O)cc1. The molecule has 0 saturated heterocycles. The molecule has 30 heavy (non-hydrogen) atoms. The predicted molar refractivity (Wildman–Crippen MR) is 111 cm³/mol. The van der Waals surface area contributed by atoms with Crippen molar-refractivity contribution in [3.05, 3.63) is 83.9 Å². The van der Waals surface area contributed by atoms with Crippen molar-refractivity contribution in [2.24, 2.45) is 0 Å². The van der Waals surface area contributed by atoms with Gasteiger partial charge in [-0.3, -0.25) is 14.5 Å². The molecule has 0 saturated carbocycles. The summed E-state index contributed by atoms with van der Waals surface area (Å²) >= 11 is 0. The Bertz CT molecular complexity index is 1100. The Hall–Kier alpha value is -4.00.